The van der Waals surface area contributed by atoms with Crippen LogP contribution in [0.15, 0.2) is 48.0 Å². The van der Waals surface area contributed by atoms with Crippen LogP contribution >= 0.6 is 0 Å². The van der Waals surface area contributed by atoms with Crippen molar-refractivity contribution in [1.82, 2.24) is 4.90 Å². The van der Waals surface area contributed by atoms with Crippen LogP contribution in [0.2, 0.25) is 0 Å². The number of amides is 1. The van der Waals surface area contributed by atoms with Crippen LogP contribution in [0.5, 0.6) is 17.2 Å². The summed E-state index contributed by atoms with van der Waals surface area (Å²) in [6.45, 7) is 6.90. The van der Waals surface area contributed by atoms with Crippen LogP contribution < -0.4 is 24.2 Å². The van der Waals surface area contributed by atoms with Gasteiger partial charge in [0.15, 0.2) is 0 Å². The van der Waals surface area contributed by atoms with Crippen LogP contribution in [0.3, 0.4) is 0 Å². The van der Waals surface area contributed by atoms with Crippen LogP contribution in [-0.4, -0.2) is 64.1 Å². The fourth-order valence-corrected chi connectivity index (χ4v) is 4.26. The fourth-order valence-electron chi connectivity index (χ4n) is 4.26. The lowest BCUT2D eigenvalue weighted by atomic mass is 9.94. The second-order valence-corrected chi connectivity index (χ2v) is 8.02. The topological polar surface area (TPSA) is 92.6 Å². The summed E-state index contributed by atoms with van der Waals surface area (Å²) in [5.41, 5.74) is 0.753. The van der Waals surface area contributed by atoms with E-state index in [0.29, 0.717) is 41.5 Å². The van der Waals surface area contributed by atoms with Gasteiger partial charge in [0, 0.05) is 11.1 Å². The molecule has 0 aliphatic carbocycles. The Morgan fingerprint density at radius 3 is 2.12 bits per heavy atom. The third kappa shape index (κ3) is 4.87. The van der Waals surface area contributed by atoms with Gasteiger partial charge in [-0.1, -0.05) is 17.9 Å². The summed E-state index contributed by atoms with van der Waals surface area (Å²) in [5, 5.41) is 13.6. The van der Waals surface area contributed by atoms with E-state index in [1.54, 1.807) is 42.5 Å². The van der Waals surface area contributed by atoms with Gasteiger partial charge in [-0.2, -0.15) is 0 Å². The summed E-state index contributed by atoms with van der Waals surface area (Å²) in [4.78, 5) is 29.2. The van der Waals surface area contributed by atoms with E-state index in [4.69, 9.17) is 14.2 Å². The lowest BCUT2D eigenvalue weighted by Crippen LogP contribution is -3.12. The van der Waals surface area contributed by atoms with E-state index in [2.05, 4.69) is 13.8 Å². The molecule has 182 valence electrons. The molecule has 0 radical (unpaired) electrons. The van der Waals surface area contributed by atoms with E-state index in [0.717, 1.165) is 13.1 Å². The van der Waals surface area contributed by atoms with E-state index in [9.17, 15) is 14.7 Å². The SMILES string of the molecule is CC[NH+](CC)CCN1C(=O)C(=O)/C(=C(/[O-])c2ccc(OC)cc2)C1c1cc(OC)ccc1OC. The number of hydrogen-bond donors (Lipinski definition) is 1. The quantitative estimate of drug-likeness (QED) is 0.316. The molecule has 0 bridgehead atoms. The Hall–Kier alpha value is -3.52. The van der Waals surface area contributed by atoms with Crippen LogP contribution in [0.1, 0.15) is 31.0 Å². The summed E-state index contributed by atoms with van der Waals surface area (Å²) >= 11 is 0. The Morgan fingerprint density at radius 2 is 1.56 bits per heavy atom. The first-order valence-corrected chi connectivity index (χ1v) is 11.4. The third-order valence-electron chi connectivity index (χ3n) is 6.32. The smallest absolute Gasteiger partial charge is 0.295 e. The zero-order chi connectivity index (χ0) is 24.8. The molecule has 1 N–H and O–H groups in total. The minimum atomic E-state index is -0.880. The summed E-state index contributed by atoms with van der Waals surface area (Å²) in [5.74, 6) is -0.371. The number of ether oxygens (including phenoxy) is 3. The highest BCUT2D eigenvalue weighted by Crippen LogP contribution is 2.43. The number of likely N-dealkylation sites (tertiary alicyclic amines) is 1. The summed E-state index contributed by atoms with van der Waals surface area (Å²) < 4.78 is 16.1. The van der Waals surface area contributed by atoms with Gasteiger partial charge in [0.2, 0.25) is 5.78 Å². The zero-order valence-corrected chi connectivity index (χ0v) is 20.3. The summed E-state index contributed by atoms with van der Waals surface area (Å²) in [7, 11) is 4.58. The minimum Gasteiger partial charge on any atom is -0.872 e. The Labute approximate surface area is 200 Å². The third-order valence-corrected chi connectivity index (χ3v) is 6.32. The molecule has 1 fully saturated rings. The van der Waals surface area contributed by atoms with Gasteiger partial charge in [-0.3, -0.25) is 9.59 Å². The monoisotopic (exact) mass is 468 g/mol. The number of carbonyl (C=O) groups excluding carboxylic acids is 2. The van der Waals surface area contributed by atoms with Gasteiger partial charge in [-0.15, -0.1) is 0 Å². The molecule has 0 spiro atoms. The lowest BCUT2D eigenvalue weighted by molar-refractivity contribution is -0.895. The van der Waals surface area contributed by atoms with Crippen molar-refractivity contribution in [3.8, 4) is 17.2 Å². The van der Waals surface area contributed by atoms with Gasteiger partial charge in [0.05, 0.1) is 53.6 Å². The molecule has 1 saturated heterocycles. The standard InChI is InChI=1S/C26H32N2O6/c1-6-27(7-2)14-15-28-23(20-16-19(33-4)12-13-21(20)34-5)22(25(30)26(28)31)24(29)17-8-10-18(32-3)11-9-17/h8-13,16,23,29H,6-7,14-15H2,1-5H3/b24-22+. The first-order valence-electron chi connectivity index (χ1n) is 11.4. The molecule has 8 heteroatoms. The Kier molecular flexibility index (Phi) is 8.17. The number of benzene rings is 2. The van der Waals surface area contributed by atoms with Crippen LogP contribution in [0.25, 0.3) is 5.76 Å². The van der Waals surface area contributed by atoms with Crippen LogP contribution in [-0.2, 0) is 9.59 Å². The number of quaternary nitrogens is 1. The molecule has 2 aromatic carbocycles. The molecule has 8 nitrogen and oxygen atoms in total. The van der Waals surface area contributed by atoms with Crippen molar-refractivity contribution in [2.75, 3.05) is 47.5 Å². The molecule has 0 saturated carbocycles. The van der Waals surface area contributed by atoms with Crippen molar-refractivity contribution in [3.63, 3.8) is 0 Å². The number of carbonyl (C=O) groups is 2. The molecule has 1 unspecified atom stereocenters. The van der Waals surface area contributed by atoms with Gasteiger partial charge in [0.25, 0.3) is 5.91 Å². The molecule has 3 rings (SSSR count). The van der Waals surface area contributed by atoms with E-state index in [1.807, 2.05) is 0 Å². The lowest BCUT2D eigenvalue weighted by Gasteiger charge is -2.29. The Morgan fingerprint density at radius 1 is 0.941 bits per heavy atom. The Balaban J connectivity index is 2.18. The van der Waals surface area contributed by atoms with Gasteiger partial charge < -0.3 is 29.1 Å². The molecule has 2 aromatic rings. The van der Waals surface area contributed by atoms with E-state index in [1.165, 1.54) is 31.1 Å². The number of nitrogens with one attached hydrogen (secondary N) is 1. The largest absolute Gasteiger partial charge is 0.872 e. The van der Waals surface area contributed by atoms with E-state index < -0.39 is 23.5 Å². The summed E-state index contributed by atoms with van der Waals surface area (Å²) in [6, 6.07) is 10.8. The molecule has 0 aromatic heterocycles. The van der Waals surface area contributed by atoms with Gasteiger partial charge in [0.1, 0.15) is 17.2 Å². The number of methoxy groups -OCH3 is 3. The van der Waals surface area contributed by atoms with Crippen LogP contribution in [0, 0.1) is 0 Å². The number of Topliss-reactive ketones (excluding diaryl/α,β-unsaturated/α-hetero) is 1. The maximum Gasteiger partial charge on any atom is 0.295 e. The van der Waals surface area contributed by atoms with Crippen molar-refractivity contribution in [2.24, 2.45) is 0 Å². The molecule has 34 heavy (non-hydrogen) atoms. The van der Waals surface area contributed by atoms with Crippen molar-refractivity contribution in [3.05, 3.63) is 59.2 Å². The first kappa shape index (κ1) is 25.1. The number of nitrogens with zero attached hydrogens (tertiary/aromatic N) is 1. The van der Waals surface area contributed by atoms with Crippen molar-refractivity contribution in [1.29, 1.82) is 0 Å². The van der Waals surface area contributed by atoms with Crippen molar-refractivity contribution >= 4 is 17.4 Å². The molecule has 1 aliphatic heterocycles. The second kappa shape index (κ2) is 11.1. The maximum atomic E-state index is 13.6. The molecule has 1 heterocycles. The molecule has 1 atom stereocenters. The first-order chi connectivity index (χ1) is 16.4. The maximum absolute atomic E-state index is 13.6. The number of rotatable bonds is 10. The molecule has 1 amide bonds. The molecule has 1 aliphatic rings. The number of likely N-dealkylation sites (N-methyl/N-ethyl adjacent to an activating group) is 1. The fraction of sp³-hybridized carbons (Fsp3) is 0.385. The van der Waals surface area contributed by atoms with Gasteiger partial charge in [-0.25, -0.2) is 0 Å². The highest BCUT2D eigenvalue weighted by molar-refractivity contribution is 6.46. The van der Waals surface area contributed by atoms with Crippen molar-refractivity contribution < 1.29 is 33.8 Å². The minimum absolute atomic E-state index is 0.0868. The van der Waals surface area contributed by atoms with E-state index >= 15 is 0 Å². The molecular weight excluding hydrogens is 436 g/mol. The highest BCUT2D eigenvalue weighted by atomic mass is 16.5. The van der Waals surface area contributed by atoms with E-state index in [-0.39, 0.29) is 5.57 Å². The van der Waals surface area contributed by atoms with Gasteiger partial charge in [-0.05, 0) is 49.7 Å². The molecular formula is C26H32N2O6. The zero-order valence-electron chi connectivity index (χ0n) is 20.3. The van der Waals surface area contributed by atoms with Crippen LogP contribution in [0.4, 0.5) is 0 Å². The highest BCUT2D eigenvalue weighted by Gasteiger charge is 2.45. The normalized spacial score (nSPS) is 17.4. The number of hydrogen-bond acceptors (Lipinski definition) is 6. The predicted octanol–water partition coefficient (Wildman–Crippen LogP) is 0.861. The average molecular weight is 469 g/mol. The number of ketones is 1. The predicted molar refractivity (Wildman–Crippen MR) is 126 cm³/mol. The second-order valence-electron chi connectivity index (χ2n) is 8.02. The average Bonchev–Trinajstić information content (AvgIpc) is 3.13. The summed E-state index contributed by atoms with van der Waals surface area (Å²) in [6.07, 6.45) is 0. The Bertz CT molecular complexity index is 1060. The van der Waals surface area contributed by atoms with Gasteiger partial charge >= 0.3 is 0 Å². The van der Waals surface area contributed by atoms with Crippen molar-refractivity contribution in [2.45, 2.75) is 19.9 Å².